The standard InChI is InChI=1S/C18H26N2O4/c1-4-5-9-20-12(3)11(2)10-14(17(20)22)16(21)19-15-8-6-7-13(15)18(23)24/h10,13,15H,4-9H2,1-3H3,(H,19,21)(H,23,24). The number of rotatable bonds is 6. The third kappa shape index (κ3) is 3.68. The summed E-state index contributed by atoms with van der Waals surface area (Å²) in [4.78, 5) is 36.5. The van der Waals surface area contributed by atoms with Crippen LogP contribution in [0.3, 0.4) is 0 Å². The number of carbonyl (C=O) groups excluding carboxylic acids is 1. The van der Waals surface area contributed by atoms with Crippen molar-refractivity contribution in [3.63, 3.8) is 0 Å². The first-order valence-electron chi connectivity index (χ1n) is 8.61. The van der Waals surface area contributed by atoms with Crippen LogP contribution < -0.4 is 10.9 Å². The van der Waals surface area contributed by atoms with E-state index < -0.39 is 23.8 Å². The number of hydrogen-bond acceptors (Lipinski definition) is 3. The van der Waals surface area contributed by atoms with Crippen molar-refractivity contribution in [2.24, 2.45) is 5.92 Å². The SMILES string of the molecule is CCCCn1c(C)c(C)cc(C(=O)NC2CCCC2C(=O)O)c1=O. The number of nitrogens with one attached hydrogen (secondary N) is 1. The summed E-state index contributed by atoms with van der Waals surface area (Å²) in [5.41, 5.74) is 1.56. The Balaban J connectivity index is 2.28. The predicted octanol–water partition coefficient (Wildman–Crippen LogP) is 2.25. The molecule has 0 spiro atoms. The Kier molecular flexibility index (Phi) is 5.80. The van der Waals surface area contributed by atoms with Gasteiger partial charge in [-0.2, -0.15) is 0 Å². The highest BCUT2D eigenvalue weighted by atomic mass is 16.4. The molecule has 1 saturated carbocycles. The van der Waals surface area contributed by atoms with Crippen LogP contribution in [0.15, 0.2) is 10.9 Å². The van der Waals surface area contributed by atoms with Crippen molar-refractivity contribution in [1.29, 1.82) is 0 Å². The number of carboxylic acid groups (broad SMARTS) is 1. The number of aryl methyl sites for hydroxylation is 1. The van der Waals surface area contributed by atoms with E-state index >= 15 is 0 Å². The van der Waals surface area contributed by atoms with Crippen molar-refractivity contribution in [3.05, 3.63) is 33.2 Å². The molecule has 0 aromatic carbocycles. The molecule has 0 aliphatic heterocycles. The number of aliphatic carboxylic acids is 1. The molecule has 0 bridgehead atoms. The third-order valence-corrected chi connectivity index (χ3v) is 4.94. The van der Waals surface area contributed by atoms with Gasteiger partial charge >= 0.3 is 5.97 Å². The fraction of sp³-hybridized carbons (Fsp3) is 0.611. The van der Waals surface area contributed by atoms with Gasteiger partial charge < -0.3 is 15.0 Å². The molecule has 0 saturated heterocycles. The molecule has 2 atom stereocenters. The molecule has 1 aromatic rings. The Morgan fingerprint density at radius 3 is 2.67 bits per heavy atom. The van der Waals surface area contributed by atoms with E-state index in [4.69, 9.17) is 0 Å². The summed E-state index contributed by atoms with van der Waals surface area (Å²) in [7, 11) is 0. The summed E-state index contributed by atoms with van der Waals surface area (Å²) in [6.07, 6.45) is 3.81. The van der Waals surface area contributed by atoms with E-state index in [2.05, 4.69) is 12.2 Å². The first kappa shape index (κ1) is 18.2. The molecule has 132 valence electrons. The minimum Gasteiger partial charge on any atom is -0.481 e. The third-order valence-electron chi connectivity index (χ3n) is 4.94. The lowest BCUT2D eigenvalue weighted by atomic mass is 10.0. The Hall–Kier alpha value is -2.11. The van der Waals surface area contributed by atoms with Crippen molar-refractivity contribution >= 4 is 11.9 Å². The Morgan fingerprint density at radius 2 is 2.04 bits per heavy atom. The van der Waals surface area contributed by atoms with Gasteiger partial charge in [0.25, 0.3) is 11.5 Å². The summed E-state index contributed by atoms with van der Waals surface area (Å²) in [5, 5.41) is 12.0. The number of pyridine rings is 1. The van der Waals surface area contributed by atoms with Crippen LogP contribution in [-0.2, 0) is 11.3 Å². The zero-order valence-electron chi connectivity index (χ0n) is 14.6. The Bertz CT molecular complexity index is 693. The summed E-state index contributed by atoms with van der Waals surface area (Å²) >= 11 is 0. The highest BCUT2D eigenvalue weighted by Gasteiger charge is 2.34. The molecule has 1 aliphatic rings. The molecule has 1 amide bonds. The van der Waals surface area contributed by atoms with Gasteiger partial charge in [-0.15, -0.1) is 0 Å². The number of unbranched alkanes of at least 4 members (excludes halogenated alkanes) is 1. The molecule has 1 fully saturated rings. The van der Waals surface area contributed by atoms with Gasteiger partial charge in [0.1, 0.15) is 5.56 Å². The zero-order valence-corrected chi connectivity index (χ0v) is 14.6. The van der Waals surface area contributed by atoms with E-state index in [1.165, 1.54) is 0 Å². The van der Waals surface area contributed by atoms with Gasteiger partial charge in [0.15, 0.2) is 0 Å². The lowest BCUT2D eigenvalue weighted by molar-refractivity contribution is -0.142. The quantitative estimate of drug-likeness (QED) is 0.835. The van der Waals surface area contributed by atoms with E-state index in [-0.39, 0.29) is 11.1 Å². The average molecular weight is 334 g/mol. The number of nitrogens with zero attached hydrogens (tertiary/aromatic N) is 1. The minimum atomic E-state index is -0.891. The maximum absolute atomic E-state index is 12.7. The number of carboxylic acids is 1. The van der Waals surface area contributed by atoms with Crippen LogP contribution in [0.2, 0.25) is 0 Å². The molecule has 2 N–H and O–H groups in total. The van der Waals surface area contributed by atoms with Crippen LogP contribution in [0.5, 0.6) is 0 Å². The van der Waals surface area contributed by atoms with E-state index in [1.807, 2.05) is 13.8 Å². The van der Waals surface area contributed by atoms with Crippen LogP contribution in [0.25, 0.3) is 0 Å². The first-order chi connectivity index (χ1) is 11.4. The van der Waals surface area contributed by atoms with Gasteiger partial charge in [0.05, 0.1) is 5.92 Å². The van der Waals surface area contributed by atoms with Crippen molar-refractivity contribution < 1.29 is 14.7 Å². The second-order valence-electron chi connectivity index (χ2n) is 6.59. The fourth-order valence-corrected chi connectivity index (χ4v) is 3.32. The van der Waals surface area contributed by atoms with Crippen molar-refractivity contribution in [2.45, 2.75) is 65.5 Å². The average Bonchev–Trinajstić information content (AvgIpc) is 2.99. The zero-order chi connectivity index (χ0) is 17.9. The van der Waals surface area contributed by atoms with Crippen molar-refractivity contribution in [2.75, 3.05) is 0 Å². The topological polar surface area (TPSA) is 88.4 Å². The van der Waals surface area contributed by atoms with Gasteiger partial charge in [0, 0.05) is 18.3 Å². The molecule has 2 rings (SSSR count). The van der Waals surface area contributed by atoms with Crippen LogP contribution in [0.4, 0.5) is 0 Å². The molecule has 6 heteroatoms. The van der Waals surface area contributed by atoms with Gasteiger partial charge in [-0.05, 0) is 44.7 Å². The van der Waals surface area contributed by atoms with Crippen molar-refractivity contribution in [1.82, 2.24) is 9.88 Å². The number of carbonyl (C=O) groups is 2. The first-order valence-corrected chi connectivity index (χ1v) is 8.61. The smallest absolute Gasteiger partial charge is 0.308 e. The summed E-state index contributed by atoms with van der Waals surface area (Å²) < 4.78 is 1.65. The van der Waals surface area contributed by atoms with Gasteiger partial charge in [0.2, 0.25) is 0 Å². The maximum Gasteiger partial charge on any atom is 0.308 e. The van der Waals surface area contributed by atoms with Crippen molar-refractivity contribution in [3.8, 4) is 0 Å². The highest BCUT2D eigenvalue weighted by Crippen LogP contribution is 2.26. The second kappa shape index (κ2) is 7.64. The number of aromatic nitrogens is 1. The van der Waals surface area contributed by atoms with Crippen LogP contribution in [0, 0.1) is 19.8 Å². The lowest BCUT2D eigenvalue weighted by Crippen LogP contribution is -2.43. The van der Waals surface area contributed by atoms with E-state index in [9.17, 15) is 19.5 Å². The monoisotopic (exact) mass is 334 g/mol. The molecule has 1 heterocycles. The number of hydrogen-bond donors (Lipinski definition) is 2. The Morgan fingerprint density at radius 1 is 1.33 bits per heavy atom. The molecule has 1 aromatic heterocycles. The van der Waals surface area contributed by atoms with E-state index in [0.29, 0.717) is 19.4 Å². The Labute approximate surface area is 141 Å². The maximum atomic E-state index is 12.7. The molecule has 2 unspecified atom stereocenters. The highest BCUT2D eigenvalue weighted by molar-refractivity contribution is 5.94. The largest absolute Gasteiger partial charge is 0.481 e. The number of amides is 1. The summed E-state index contributed by atoms with van der Waals surface area (Å²) in [6.45, 7) is 6.40. The van der Waals surface area contributed by atoms with Crippen LogP contribution in [-0.4, -0.2) is 27.6 Å². The molecular weight excluding hydrogens is 308 g/mol. The molecule has 1 aliphatic carbocycles. The van der Waals surface area contributed by atoms with Gasteiger partial charge in [-0.1, -0.05) is 19.8 Å². The van der Waals surface area contributed by atoms with E-state index in [1.54, 1.807) is 10.6 Å². The second-order valence-corrected chi connectivity index (χ2v) is 6.59. The normalized spacial score (nSPS) is 20.1. The van der Waals surface area contributed by atoms with E-state index in [0.717, 1.165) is 30.5 Å². The summed E-state index contributed by atoms with van der Waals surface area (Å²) in [5.74, 6) is -1.92. The molecule has 24 heavy (non-hydrogen) atoms. The van der Waals surface area contributed by atoms with Gasteiger partial charge in [-0.25, -0.2) is 0 Å². The predicted molar refractivity (Wildman–Crippen MR) is 91.3 cm³/mol. The molecule has 0 radical (unpaired) electrons. The molecular formula is C18H26N2O4. The lowest BCUT2D eigenvalue weighted by Gasteiger charge is -2.19. The minimum absolute atomic E-state index is 0.102. The van der Waals surface area contributed by atoms with Crippen LogP contribution in [0.1, 0.15) is 60.6 Å². The summed E-state index contributed by atoms with van der Waals surface area (Å²) in [6, 6.07) is 1.21. The van der Waals surface area contributed by atoms with Crippen LogP contribution >= 0.6 is 0 Å². The fourth-order valence-electron chi connectivity index (χ4n) is 3.32. The molecule has 6 nitrogen and oxygen atoms in total. The van der Waals surface area contributed by atoms with Gasteiger partial charge in [-0.3, -0.25) is 14.4 Å².